The highest BCUT2D eigenvalue weighted by atomic mass is 32.1. The molecule has 0 saturated carbocycles. The molecular weight excluding hydrogens is 230 g/mol. The van der Waals surface area contributed by atoms with Gasteiger partial charge in [0.2, 0.25) is 4.77 Å². The van der Waals surface area contributed by atoms with Gasteiger partial charge in [0, 0.05) is 5.56 Å². The molecule has 0 aromatic carbocycles. The van der Waals surface area contributed by atoms with E-state index in [2.05, 4.69) is 10.1 Å². The molecule has 3 N–H and O–H groups in total. The zero-order valence-electron chi connectivity index (χ0n) is 8.41. The number of aliphatic carboxylic acids is 1. The molecule has 2 aromatic rings. The highest BCUT2D eigenvalue weighted by molar-refractivity contribution is 7.71. The average molecular weight is 239 g/mol. The zero-order valence-corrected chi connectivity index (χ0v) is 9.23. The van der Waals surface area contributed by atoms with Crippen LogP contribution in [0, 0.1) is 11.7 Å². The standard InChI is InChI=1S/C8H9N5O2S/c1-4-6(9)11-8(16)13-7(4)12(3-10-13)2-5(14)15/h3H,2H2,1H3,(H,14,15)(H2,9,11,16). The Labute approximate surface area is 95.1 Å². The lowest BCUT2D eigenvalue weighted by atomic mass is 10.3. The van der Waals surface area contributed by atoms with Gasteiger partial charge in [-0.15, -0.1) is 0 Å². The summed E-state index contributed by atoms with van der Waals surface area (Å²) in [7, 11) is 0. The zero-order chi connectivity index (χ0) is 11.9. The van der Waals surface area contributed by atoms with Gasteiger partial charge in [-0.2, -0.15) is 9.61 Å². The fourth-order valence-corrected chi connectivity index (χ4v) is 1.70. The Morgan fingerprint density at radius 1 is 1.69 bits per heavy atom. The number of hydrogen-bond donors (Lipinski definition) is 2. The summed E-state index contributed by atoms with van der Waals surface area (Å²) in [6.07, 6.45) is 1.40. The van der Waals surface area contributed by atoms with Gasteiger partial charge < -0.3 is 15.4 Å². The molecule has 16 heavy (non-hydrogen) atoms. The molecule has 2 heterocycles. The van der Waals surface area contributed by atoms with Crippen molar-refractivity contribution in [1.82, 2.24) is 19.2 Å². The van der Waals surface area contributed by atoms with Crippen LogP contribution in [0.15, 0.2) is 6.33 Å². The van der Waals surface area contributed by atoms with E-state index < -0.39 is 5.97 Å². The van der Waals surface area contributed by atoms with E-state index in [0.717, 1.165) is 0 Å². The third-order valence-corrected chi connectivity index (χ3v) is 2.47. The van der Waals surface area contributed by atoms with Crippen molar-refractivity contribution in [1.29, 1.82) is 0 Å². The second kappa shape index (κ2) is 3.56. The summed E-state index contributed by atoms with van der Waals surface area (Å²) in [6, 6.07) is 0. The highest BCUT2D eigenvalue weighted by Gasteiger charge is 2.11. The Balaban J connectivity index is 2.79. The minimum atomic E-state index is -0.958. The molecule has 84 valence electrons. The molecule has 0 radical (unpaired) electrons. The van der Waals surface area contributed by atoms with Gasteiger partial charge in [0.05, 0.1) is 0 Å². The molecular formula is C8H9N5O2S. The van der Waals surface area contributed by atoms with E-state index in [4.69, 9.17) is 23.1 Å². The molecule has 0 bridgehead atoms. The van der Waals surface area contributed by atoms with Gasteiger partial charge in [-0.1, -0.05) is 0 Å². The molecule has 8 heteroatoms. The Hall–Kier alpha value is -1.96. The summed E-state index contributed by atoms with van der Waals surface area (Å²) < 4.78 is 3.07. The summed E-state index contributed by atoms with van der Waals surface area (Å²) in [4.78, 5) is 14.6. The molecule has 0 atom stereocenters. The van der Waals surface area contributed by atoms with Crippen molar-refractivity contribution < 1.29 is 9.90 Å². The fraction of sp³-hybridized carbons (Fsp3) is 0.250. The Kier molecular flexibility index (Phi) is 2.35. The normalized spacial score (nSPS) is 10.8. The lowest BCUT2D eigenvalue weighted by molar-refractivity contribution is -0.137. The fourth-order valence-electron chi connectivity index (χ4n) is 1.47. The van der Waals surface area contributed by atoms with Crippen LogP contribution in [0.5, 0.6) is 0 Å². The van der Waals surface area contributed by atoms with Crippen molar-refractivity contribution in [2.24, 2.45) is 0 Å². The predicted molar refractivity (Wildman–Crippen MR) is 58.6 cm³/mol. The van der Waals surface area contributed by atoms with Crippen molar-refractivity contribution in [3.8, 4) is 0 Å². The van der Waals surface area contributed by atoms with Gasteiger partial charge in [0.25, 0.3) is 0 Å². The number of nitrogen functional groups attached to an aromatic ring is 1. The van der Waals surface area contributed by atoms with Crippen molar-refractivity contribution in [2.75, 3.05) is 5.73 Å². The van der Waals surface area contributed by atoms with Crippen LogP contribution in [0.25, 0.3) is 5.65 Å². The van der Waals surface area contributed by atoms with E-state index in [9.17, 15) is 4.79 Å². The van der Waals surface area contributed by atoms with Crippen LogP contribution in [0.3, 0.4) is 0 Å². The van der Waals surface area contributed by atoms with Crippen LogP contribution in [0.2, 0.25) is 0 Å². The molecule has 0 aliphatic carbocycles. The summed E-state index contributed by atoms with van der Waals surface area (Å²) in [6.45, 7) is 1.55. The maximum Gasteiger partial charge on any atom is 0.323 e. The second-order valence-corrected chi connectivity index (χ2v) is 3.66. The lowest BCUT2D eigenvalue weighted by Gasteiger charge is -2.04. The number of nitrogens with zero attached hydrogens (tertiary/aromatic N) is 4. The molecule has 0 saturated heterocycles. The van der Waals surface area contributed by atoms with Gasteiger partial charge in [0.1, 0.15) is 24.3 Å². The summed E-state index contributed by atoms with van der Waals surface area (Å²) in [5.74, 6) is -0.669. The van der Waals surface area contributed by atoms with E-state index in [1.165, 1.54) is 15.4 Å². The maximum absolute atomic E-state index is 10.7. The molecule has 0 amide bonds. The number of anilines is 1. The largest absolute Gasteiger partial charge is 0.480 e. The van der Waals surface area contributed by atoms with Crippen LogP contribution in [0.4, 0.5) is 5.82 Å². The lowest BCUT2D eigenvalue weighted by Crippen LogP contribution is -2.10. The van der Waals surface area contributed by atoms with Crippen LogP contribution >= 0.6 is 12.2 Å². The van der Waals surface area contributed by atoms with E-state index in [-0.39, 0.29) is 17.1 Å². The number of rotatable bonds is 2. The highest BCUT2D eigenvalue weighted by Crippen LogP contribution is 2.14. The van der Waals surface area contributed by atoms with E-state index in [1.54, 1.807) is 6.92 Å². The Morgan fingerprint density at radius 2 is 2.38 bits per heavy atom. The summed E-state index contributed by atoms with van der Waals surface area (Å²) in [5, 5.41) is 12.7. The monoisotopic (exact) mass is 239 g/mol. The van der Waals surface area contributed by atoms with Crippen molar-refractivity contribution >= 4 is 29.7 Å². The minimum absolute atomic E-state index is 0.192. The Morgan fingerprint density at radius 3 is 3.00 bits per heavy atom. The van der Waals surface area contributed by atoms with Crippen LogP contribution in [-0.4, -0.2) is 30.2 Å². The number of carbonyl (C=O) groups is 1. The number of aromatic nitrogens is 4. The number of carboxylic acids is 1. The number of carboxylic acid groups (broad SMARTS) is 1. The molecule has 7 nitrogen and oxygen atoms in total. The molecule has 0 aliphatic heterocycles. The molecule has 2 rings (SSSR count). The van der Waals surface area contributed by atoms with Gasteiger partial charge >= 0.3 is 5.97 Å². The Bertz CT molecular complexity index is 629. The predicted octanol–water partition coefficient (Wildman–Crippen LogP) is 0.236. The number of nitrogens with two attached hydrogens (primary N) is 1. The smallest absolute Gasteiger partial charge is 0.323 e. The number of aryl methyl sites for hydroxylation is 1. The SMILES string of the molecule is Cc1c(N)nc(=S)n2ncn(CC(=O)O)c12. The molecule has 0 unspecified atom stereocenters. The van der Waals surface area contributed by atoms with Crippen LogP contribution in [0.1, 0.15) is 5.56 Å². The third kappa shape index (κ3) is 1.52. The topological polar surface area (TPSA) is 98.4 Å². The first-order chi connectivity index (χ1) is 7.50. The van der Waals surface area contributed by atoms with Crippen molar-refractivity contribution in [3.63, 3.8) is 0 Å². The minimum Gasteiger partial charge on any atom is -0.480 e. The van der Waals surface area contributed by atoms with Crippen molar-refractivity contribution in [2.45, 2.75) is 13.5 Å². The summed E-state index contributed by atoms with van der Waals surface area (Å²) >= 11 is 4.98. The number of hydrogen-bond acceptors (Lipinski definition) is 5. The van der Waals surface area contributed by atoms with Gasteiger partial charge in [0.15, 0.2) is 0 Å². The first kappa shape index (κ1) is 10.6. The first-order valence-corrected chi connectivity index (χ1v) is 4.83. The van der Waals surface area contributed by atoms with Gasteiger partial charge in [-0.3, -0.25) is 4.79 Å². The third-order valence-electron chi connectivity index (χ3n) is 2.20. The van der Waals surface area contributed by atoms with E-state index >= 15 is 0 Å². The number of fused-ring (bicyclic) bond motifs is 1. The summed E-state index contributed by atoms with van der Waals surface area (Å²) in [5.41, 5.74) is 6.88. The van der Waals surface area contributed by atoms with E-state index in [0.29, 0.717) is 11.2 Å². The van der Waals surface area contributed by atoms with Gasteiger partial charge in [-0.25, -0.2) is 4.98 Å². The molecule has 0 aliphatic rings. The van der Waals surface area contributed by atoms with Crippen molar-refractivity contribution in [3.05, 3.63) is 16.7 Å². The van der Waals surface area contributed by atoms with E-state index in [1.807, 2.05) is 0 Å². The maximum atomic E-state index is 10.7. The first-order valence-electron chi connectivity index (χ1n) is 4.42. The average Bonchev–Trinajstić information content (AvgIpc) is 2.58. The van der Waals surface area contributed by atoms with Crippen LogP contribution < -0.4 is 5.73 Å². The van der Waals surface area contributed by atoms with Gasteiger partial charge in [-0.05, 0) is 19.1 Å². The molecule has 0 spiro atoms. The van der Waals surface area contributed by atoms with Crippen LogP contribution in [-0.2, 0) is 11.3 Å². The molecule has 2 aromatic heterocycles. The quantitative estimate of drug-likeness (QED) is 0.728. The second-order valence-electron chi connectivity index (χ2n) is 3.29. The molecule has 0 fully saturated rings.